The Hall–Kier alpha value is -0.730. The summed E-state index contributed by atoms with van der Waals surface area (Å²) in [6, 6.07) is 7.37. The Labute approximate surface area is 83.1 Å². The number of methoxy groups -OCH3 is 1. The van der Waals surface area contributed by atoms with Gasteiger partial charge in [0, 0.05) is 5.88 Å². The van der Waals surface area contributed by atoms with Gasteiger partial charge in [0.2, 0.25) is 0 Å². The monoisotopic (exact) mass is 200 g/mol. The van der Waals surface area contributed by atoms with Crippen molar-refractivity contribution >= 4 is 11.6 Å². The fraction of sp³-hybridized carbons (Fsp3) is 0.400. The minimum Gasteiger partial charge on any atom is -0.497 e. The lowest BCUT2D eigenvalue weighted by Gasteiger charge is -2.09. The van der Waals surface area contributed by atoms with Gasteiger partial charge in [0.25, 0.3) is 0 Å². The second-order valence-corrected chi connectivity index (χ2v) is 3.15. The number of aliphatic hydroxyl groups excluding tert-OH is 1. The zero-order valence-electron chi connectivity index (χ0n) is 7.53. The Morgan fingerprint density at radius 3 is 2.92 bits per heavy atom. The van der Waals surface area contributed by atoms with Crippen LogP contribution in [0.1, 0.15) is 18.1 Å². The lowest BCUT2D eigenvalue weighted by Crippen LogP contribution is -1.98. The summed E-state index contributed by atoms with van der Waals surface area (Å²) in [4.78, 5) is 0. The zero-order chi connectivity index (χ0) is 9.68. The Bertz CT molecular complexity index is 263. The summed E-state index contributed by atoms with van der Waals surface area (Å²) < 4.78 is 5.04. The summed E-state index contributed by atoms with van der Waals surface area (Å²) in [5.41, 5.74) is 0.847. The third-order valence-corrected chi connectivity index (χ3v) is 2.08. The van der Waals surface area contributed by atoms with Crippen molar-refractivity contribution in [1.82, 2.24) is 0 Å². The Balaban J connectivity index is 2.75. The summed E-state index contributed by atoms with van der Waals surface area (Å²) in [5.74, 6) is 1.21. The molecule has 1 aromatic carbocycles. The molecular weight excluding hydrogens is 188 g/mol. The highest BCUT2D eigenvalue weighted by molar-refractivity contribution is 6.17. The van der Waals surface area contributed by atoms with E-state index in [9.17, 15) is 5.11 Å². The fourth-order valence-corrected chi connectivity index (χ4v) is 1.33. The van der Waals surface area contributed by atoms with Crippen LogP contribution in [0.2, 0.25) is 0 Å². The molecule has 0 fully saturated rings. The number of benzene rings is 1. The van der Waals surface area contributed by atoms with E-state index in [2.05, 4.69) is 0 Å². The predicted octanol–water partition coefficient (Wildman–Crippen LogP) is 2.36. The van der Waals surface area contributed by atoms with Crippen molar-refractivity contribution in [2.75, 3.05) is 13.0 Å². The zero-order valence-corrected chi connectivity index (χ0v) is 8.29. The van der Waals surface area contributed by atoms with Crippen molar-refractivity contribution in [2.24, 2.45) is 0 Å². The first-order chi connectivity index (χ1) is 6.27. The molecule has 2 nitrogen and oxygen atoms in total. The average Bonchev–Trinajstić information content (AvgIpc) is 2.18. The number of ether oxygens (including phenoxy) is 1. The van der Waals surface area contributed by atoms with Gasteiger partial charge in [0.15, 0.2) is 0 Å². The van der Waals surface area contributed by atoms with Crippen molar-refractivity contribution in [3.05, 3.63) is 29.8 Å². The van der Waals surface area contributed by atoms with Crippen LogP contribution in [0.4, 0.5) is 0 Å². The summed E-state index contributed by atoms with van der Waals surface area (Å²) in [5, 5.41) is 9.60. The van der Waals surface area contributed by atoms with Gasteiger partial charge in [-0.05, 0) is 24.1 Å². The van der Waals surface area contributed by atoms with Crippen LogP contribution < -0.4 is 4.74 Å². The van der Waals surface area contributed by atoms with E-state index < -0.39 is 6.10 Å². The van der Waals surface area contributed by atoms with Gasteiger partial charge in [-0.2, -0.15) is 0 Å². The van der Waals surface area contributed by atoms with Crippen LogP contribution in [0.5, 0.6) is 5.75 Å². The van der Waals surface area contributed by atoms with Crippen molar-refractivity contribution in [3.63, 3.8) is 0 Å². The smallest absolute Gasteiger partial charge is 0.119 e. The summed E-state index contributed by atoms with van der Waals surface area (Å²) >= 11 is 5.53. The first-order valence-electron chi connectivity index (χ1n) is 4.16. The largest absolute Gasteiger partial charge is 0.497 e. The quantitative estimate of drug-likeness (QED) is 0.757. The molecule has 1 rings (SSSR count). The molecule has 0 aliphatic heterocycles. The van der Waals surface area contributed by atoms with E-state index in [-0.39, 0.29) is 0 Å². The van der Waals surface area contributed by atoms with Crippen molar-refractivity contribution in [3.8, 4) is 5.75 Å². The molecule has 0 spiro atoms. The lowest BCUT2D eigenvalue weighted by molar-refractivity contribution is 0.174. The number of aliphatic hydroxyl groups is 1. The van der Waals surface area contributed by atoms with Crippen LogP contribution in [-0.2, 0) is 0 Å². The van der Waals surface area contributed by atoms with Gasteiger partial charge in [-0.25, -0.2) is 0 Å². The molecule has 0 amide bonds. The van der Waals surface area contributed by atoms with Crippen LogP contribution in [0.15, 0.2) is 24.3 Å². The van der Waals surface area contributed by atoms with Gasteiger partial charge in [-0.15, -0.1) is 11.6 Å². The predicted molar refractivity (Wildman–Crippen MR) is 53.3 cm³/mol. The van der Waals surface area contributed by atoms with E-state index in [1.165, 1.54) is 0 Å². The molecule has 0 bridgehead atoms. The SMILES string of the molecule is COc1cccc(C(O)CCCl)c1. The number of alkyl halides is 1. The second-order valence-electron chi connectivity index (χ2n) is 2.77. The van der Waals surface area contributed by atoms with Gasteiger partial charge in [0.05, 0.1) is 13.2 Å². The summed E-state index contributed by atoms with van der Waals surface area (Å²) in [7, 11) is 1.60. The number of rotatable bonds is 4. The molecule has 0 saturated carbocycles. The molecule has 0 radical (unpaired) electrons. The number of halogens is 1. The molecule has 1 unspecified atom stereocenters. The van der Waals surface area contributed by atoms with E-state index in [1.807, 2.05) is 24.3 Å². The van der Waals surface area contributed by atoms with E-state index in [4.69, 9.17) is 16.3 Å². The number of hydrogen-bond acceptors (Lipinski definition) is 2. The first kappa shape index (κ1) is 10.4. The Morgan fingerprint density at radius 1 is 1.54 bits per heavy atom. The molecule has 0 saturated heterocycles. The van der Waals surface area contributed by atoms with Gasteiger partial charge in [-0.1, -0.05) is 12.1 Å². The van der Waals surface area contributed by atoms with Gasteiger partial charge < -0.3 is 9.84 Å². The van der Waals surface area contributed by atoms with Crippen LogP contribution >= 0.6 is 11.6 Å². The molecule has 0 aliphatic rings. The fourth-order valence-electron chi connectivity index (χ4n) is 1.12. The first-order valence-corrected chi connectivity index (χ1v) is 4.69. The third kappa shape index (κ3) is 2.90. The van der Waals surface area contributed by atoms with E-state index in [1.54, 1.807) is 7.11 Å². The van der Waals surface area contributed by atoms with Crippen LogP contribution in [-0.4, -0.2) is 18.1 Å². The molecular formula is C10H13ClO2. The molecule has 0 heterocycles. The molecule has 72 valence electrons. The molecule has 1 atom stereocenters. The van der Waals surface area contributed by atoms with E-state index in [0.29, 0.717) is 12.3 Å². The number of hydrogen-bond donors (Lipinski definition) is 1. The molecule has 0 aromatic heterocycles. The third-order valence-electron chi connectivity index (χ3n) is 1.86. The van der Waals surface area contributed by atoms with E-state index >= 15 is 0 Å². The minimum absolute atomic E-state index is 0.457. The van der Waals surface area contributed by atoms with Crippen molar-refractivity contribution in [1.29, 1.82) is 0 Å². The maximum Gasteiger partial charge on any atom is 0.119 e. The molecule has 13 heavy (non-hydrogen) atoms. The Kier molecular flexibility index (Phi) is 4.06. The normalized spacial score (nSPS) is 12.5. The molecule has 1 N–H and O–H groups in total. The van der Waals surface area contributed by atoms with Crippen molar-refractivity contribution < 1.29 is 9.84 Å². The standard InChI is InChI=1S/C10H13ClO2/c1-13-9-4-2-3-8(7-9)10(12)5-6-11/h2-4,7,10,12H,5-6H2,1H3. The molecule has 0 aliphatic carbocycles. The van der Waals surface area contributed by atoms with Crippen LogP contribution in [0.25, 0.3) is 0 Å². The second kappa shape index (κ2) is 5.10. The Morgan fingerprint density at radius 2 is 2.31 bits per heavy atom. The lowest BCUT2D eigenvalue weighted by atomic mass is 10.1. The van der Waals surface area contributed by atoms with Crippen LogP contribution in [0, 0.1) is 0 Å². The minimum atomic E-state index is -0.493. The summed E-state index contributed by atoms with van der Waals surface area (Å²) in [6.07, 6.45) is 0.0712. The van der Waals surface area contributed by atoms with Crippen LogP contribution in [0.3, 0.4) is 0 Å². The van der Waals surface area contributed by atoms with Gasteiger partial charge >= 0.3 is 0 Å². The maximum atomic E-state index is 9.60. The topological polar surface area (TPSA) is 29.5 Å². The highest BCUT2D eigenvalue weighted by Crippen LogP contribution is 2.21. The maximum absolute atomic E-state index is 9.60. The molecule has 3 heteroatoms. The van der Waals surface area contributed by atoms with E-state index in [0.717, 1.165) is 11.3 Å². The highest BCUT2D eigenvalue weighted by Gasteiger charge is 2.06. The average molecular weight is 201 g/mol. The molecule has 1 aromatic rings. The summed E-state index contributed by atoms with van der Waals surface area (Å²) in [6.45, 7) is 0. The van der Waals surface area contributed by atoms with Gasteiger partial charge in [-0.3, -0.25) is 0 Å². The highest BCUT2D eigenvalue weighted by atomic mass is 35.5. The van der Waals surface area contributed by atoms with Crippen molar-refractivity contribution in [2.45, 2.75) is 12.5 Å². The van der Waals surface area contributed by atoms with Gasteiger partial charge in [0.1, 0.15) is 5.75 Å².